The van der Waals surface area contributed by atoms with Crippen LogP contribution in [-0.2, 0) is 44.8 Å². The molecule has 4 aromatic carbocycles. The van der Waals surface area contributed by atoms with Gasteiger partial charge in [-0.1, -0.05) is 103 Å². The number of Topliss-reactive ketones (excluding diaryl/α,β-unsaturated/α-hetero) is 2. The van der Waals surface area contributed by atoms with Gasteiger partial charge in [0.2, 0.25) is 11.7 Å². The highest BCUT2D eigenvalue weighted by molar-refractivity contribution is 8.16. The Hall–Kier alpha value is -5.89. The van der Waals surface area contributed by atoms with Crippen LogP contribution in [0.15, 0.2) is 115 Å². The molecule has 1 amide bonds. The molecule has 56 heavy (non-hydrogen) atoms. The Kier molecular flexibility index (Phi) is 13.4. The fraction of sp³-hybridized carbons (Fsp3) is 0.225. The zero-order chi connectivity index (χ0) is 40.6. The number of hydrogen-bond acceptors (Lipinski definition) is 13. The summed E-state index contributed by atoms with van der Waals surface area (Å²) in [5.74, 6) is -4.78. The summed E-state index contributed by atoms with van der Waals surface area (Å²) < 4.78 is 16.3. The quantitative estimate of drug-likeness (QED) is 0.0455. The number of non-ortho nitro benzene ring substituents is 1. The van der Waals surface area contributed by atoms with Crippen LogP contribution in [0.4, 0.5) is 10.5 Å². The molecule has 1 aliphatic heterocycles. The topological polar surface area (TPSA) is 197 Å². The molecule has 4 atom stereocenters. The summed E-state index contributed by atoms with van der Waals surface area (Å²) in [6.07, 6.45) is -4.20. The molecule has 2 unspecified atom stereocenters. The molecule has 290 valence electrons. The number of rotatable bonds is 15. The lowest BCUT2D eigenvalue weighted by Crippen LogP contribution is -2.67. The second-order valence-electron chi connectivity index (χ2n) is 12.6. The van der Waals surface area contributed by atoms with Gasteiger partial charge >= 0.3 is 12.1 Å². The molecule has 1 N–H and O–H groups in total. The van der Waals surface area contributed by atoms with Crippen LogP contribution < -0.4 is 15.9 Å². The van der Waals surface area contributed by atoms with Crippen molar-refractivity contribution < 1.29 is 53.0 Å². The number of aliphatic hydroxyl groups is 1. The van der Waals surface area contributed by atoms with Crippen molar-refractivity contribution in [2.45, 2.75) is 45.0 Å². The lowest BCUT2D eigenvalue weighted by Gasteiger charge is -2.50. The molecular weight excluding hydrogens is 763 g/mol. The molecular formula is C40H37N2O12PS. The van der Waals surface area contributed by atoms with Gasteiger partial charge in [-0.15, -0.1) is 0 Å². The minimum absolute atomic E-state index is 0.162. The number of nitro benzene ring substituents is 1. The number of nitro groups is 1. The molecule has 0 bridgehead atoms. The molecule has 1 saturated heterocycles. The van der Waals surface area contributed by atoms with E-state index < -0.39 is 76.6 Å². The smallest absolute Gasteiger partial charge is 0.453 e. The van der Waals surface area contributed by atoms with Crippen molar-refractivity contribution in [1.82, 2.24) is 4.90 Å². The van der Waals surface area contributed by atoms with Gasteiger partial charge in [0, 0.05) is 19.0 Å². The molecule has 0 spiro atoms. The Bertz CT molecular complexity index is 2080. The number of hydrogen-bond donors (Lipinski definition) is 1. The monoisotopic (exact) mass is 800 g/mol. The average molecular weight is 801 g/mol. The van der Waals surface area contributed by atoms with Crippen molar-refractivity contribution in [1.29, 1.82) is 0 Å². The molecule has 1 aliphatic rings. The molecule has 5 rings (SSSR count). The van der Waals surface area contributed by atoms with Crippen LogP contribution in [0.3, 0.4) is 0 Å². The number of ether oxygens (including phenoxy) is 3. The number of aliphatic hydroxyl groups excluding tert-OH is 1. The number of thioether (sulfide) groups is 1. The van der Waals surface area contributed by atoms with Gasteiger partial charge < -0.3 is 19.3 Å². The van der Waals surface area contributed by atoms with Gasteiger partial charge in [0.15, 0.2) is 5.78 Å². The average Bonchev–Trinajstić information content (AvgIpc) is 3.19. The summed E-state index contributed by atoms with van der Waals surface area (Å²) in [6.45, 7) is -0.743. The van der Waals surface area contributed by atoms with Crippen molar-refractivity contribution in [3.8, 4) is 0 Å². The Morgan fingerprint density at radius 1 is 0.821 bits per heavy atom. The molecule has 4 aromatic rings. The summed E-state index contributed by atoms with van der Waals surface area (Å²) in [4.78, 5) is 92.1. The minimum Gasteiger partial charge on any atom is -0.453 e. The van der Waals surface area contributed by atoms with Crippen molar-refractivity contribution in [2.75, 3.05) is 6.61 Å². The Morgan fingerprint density at radius 3 is 1.77 bits per heavy atom. The van der Waals surface area contributed by atoms with Crippen LogP contribution in [0.2, 0.25) is 0 Å². The van der Waals surface area contributed by atoms with Crippen LogP contribution >= 0.6 is 18.6 Å². The molecule has 1 fully saturated rings. The molecule has 0 aliphatic carbocycles. The first kappa shape index (κ1) is 41.3. The number of esters is 1. The van der Waals surface area contributed by atoms with E-state index in [2.05, 4.69) is 0 Å². The number of ketones is 2. The molecule has 14 nitrogen and oxygen atoms in total. The number of carbonyl (C=O) groups excluding carboxylic acids is 6. The van der Waals surface area contributed by atoms with Crippen molar-refractivity contribution in [3.05, 3.63) is 131 Å². The normalized spacial score (nSPS) is 16.1. The number of nitrogens with zero attached hydrogens (tertiary/aromatic N) is 2. The zero-order valence-corrected chi connectivity index (χ0v) is 32.1. The Balaban J connectivity index is 1.67. The second-order valence-corrected chi connectivity index (χ2v) is 17.0. The largest absolute Gasteiger partial charge is 0.508 e. The fourth-order valence-corrected chi connectivity index (χ4v) is 11.9. The lowest BCUT2D eigenvalue weighted by molar-refractivity contribution is -0.384. The third kappa shape index (κ3) is 8.81. The minimum atomic E-state index is -3.50. The summed E-state index contributed by atoms with van der Waals surface area (Å²) in [7, 11) is 0. The number of benzene rings is 4. The van der Waals surface area contributed by atoms with Crippen LogP contribution in [0, 0.1) is 16.0 Å². The lowest BCUT2D eigenvalue weighted by atomic mass is 9.92. The van der Waals surface area contributed by atoms with E-state index in [9.17, 15) is 44.0 Å². The van der Waals surface area contributed by atoms with E-state index in [1.807, 2.05) is 0 Å². The predicted molar refractivity (Wildman–Crippen MR) is 209 cm³/mol. The highest BCUT2D eigenvalue weighted by Gasteiger charge is 2.58. The van der Waals surface area contributed by atoms with Gasteiger partial charge in [-0.25, -0.2) is 9.59 Å². The SMILES string of the molecule is CC(=O)COC(=O)C(N1C(=O)[C@H](C(C)OC(=O)OCc2ccc([N+](=O)[O-])cc2)[C@H]1SC(=O)C(=O)C(C)O)=P(c1ccccc1)(c1ccccc1)c1ccccc1. The van der Waals surface area contributed by atoms with E-state index in [1.54, 1.807) is 91.0 Å². The fourth-order valence-electron chi connectivity index (χ4n) is 6.12. The number of amides is 1. The van der Waals surface area contributed by atoms with E-state index in [1.165, 1.54) is 38.1 Å². The van der Waals surface area contributed by atoms with Crippen LogP contribution in [-0.4, -0.2) is 79.2 Å². The van der Waals surface area contributed by atoms with Crippen LogP contribution in [0.25, 0.3) is 0 Å². The van der Waals surface area contributed by atoms with Crippen LogP contribution in [0.1, 0.15) is 26.3 Å². The van der Waals surface area contributed by atoms with E-state index in [0.29, 0.717) is 33.2 Å². The molecule has 0 aromatic heterocycles. The maximum Gasteiger partial charge on any atom is 0.508 e. The van der Waals surface area contributed by atoms with Crippen molar-refractivity contribution >= 4 is 80.4 Å². The van der Waals surface area contributed by atoms with Gasteiger partial charge in [-0.2, -0.15) is 0 Å². The summed E-state index contributed by atoms with van der Waals surface area (Å²) in [6, 6.07) is 32.0. The predicted octanol–water partition coefficient (Wildman–Crippen LogP) is 3.89. The summed E-state index contributed by atoms with van der Waals surface area (Å²) in [5.41, 5.74) is 0.0456. The number of likely N-dealkylation sites (tertiary alicyclic amines) is 1. The Labute approximate surface area is 325 Å². The Morgan fingerprint density at radius 2 is 1.32 bits per heavy atom. The van der Waals surface area contributed by atoms with Gasteiger partial charge in [0.25, 0.3) is 10.8 Å². The van der Waals surface area contributed by atoms with Gasteiger partial charge in [0.05, 0.1) is 4.92 Å². The highest BCUT2D eigenvalue weighted by atomic mass is 32.2. The van der Waals surface area contributed by atoms with E-state index in [-0.39, 0.29) is 17.7 Å². The van der Waals surface area contributed by atoms with E-state index >= 15 is 0 Å². The number of carbonyl (C=O) groups is 6. The molecule has 0 saturated carbocycles. The van der Waals surface area contributed by atoms with E-state index in [0.717, 1.165) is 11.8 Å². The van der Waals surface area contributed by atoms with E-state index in [4.69, 9.17) is 14.2 Å². The molecule has 0 radical (unpaired) electrons. The van der Waals surface area contributed by atoms with Gasteiger partial charge in [-0.3, -0.25) is 34.2 Å². The maximum atomic E-state index is 14.7. The molecule has 16 heteroatoms. The number of β-lactam (4-membered cyclic amide) rings is 1. The van der Waals surface area contributed by atoms with Crippen molar-refractivity contribution in [3.63, 3.8) is 0 Å². The standard InChI is InChI=1S/C40H37N2O12PS/c1-25(43)23-52-38(47)36(55(30-13-7-4-8-14-30,31-15-9-5-10-16-31)32-17-11-6-12-18-32)41-35(46)33(37(41)56-39(48)34(45)26(2)44)27(3)54-40(49)53-24-28-19-21-29(22-20-28)42(50)51/h4-22,26-27,33,37,44H,23-24H2,1-3H3/t26?,27?,33-,37+/m0/s1. The third-order valence-electron chi connectivity index (χ3n) is 8.75. The highest BCUT2D eigenvalue weighted by Crippen LogP contribution is 2.51. The summed E-state index contributed by atoms with van der Waals surface area (Å²) in [5, 5.41) is 20.3. The maximum absolute atomic E-state index is 14.7. The first-order chi connectivity index (χ1) is 26.8. The third-order valence-corrected chi connectivity index (χ3v) is 14.2. The van der Waals surface area contributed by atoms with Crippen LogP contribution in [0.5, 0.6) is 0 Å². The van der Waals surface area contributed by atoms with Gasteiger partial charge in [-0.05, 0) is 54.4 Å². The molecule has 1 heterocycles. The zero-order valence-electron chi connectivity index (χ0n) is 30.4. The van der Waals surface area contributed by atoms with Crippen molar-refractivity contribution in [2.24, 2.45) is 5.92 Å². The summed E-state index contributed by atoms with van der Waals surface area (Å²) >= 11 is 0.376. The first-order valence-electron chi connectivity index (χ1n) is 17.2. The van der Waals surface area contributed by atoms with Gasteiger partial charge in [0.1, 0.15) is 42.1 Å². The first-order valence-corrected chi connectivity index (χ1v) is 19.9. The second kappa shape index (κ2) is 18.2.